The van der Waals surface area contributed by atoms with Crippen molar-refractivity contribution in [1.29, 1.82) is 0 Å². The summed E-state index contributed by atoms with van der Waals surface area (Å²) in [4.78, 5) is 28.7. The van der Waals surface area contributed by atoms with Gasteiger partial charge >= 0.3 is 0 Å². The Morgan fingerprint density at radius 2 is 2.14 bits per heavy atom. The Kier molecular flexibility index (Phi) is 4.06. The molecule has 0 radical (unpaired) electrons. The topological polar surface area (TPSA) is 76.9 Å². The maximum absolute atomic E-state index is 12.0. The van der Waals surface area contributed by atoms with Crippen LogP contribution in [0.2, 0.25) is 0 Å². The highest BCUT2D eigenvalue weighted by Gasteiger charge is 2.08. The number of anilines is 1. The summed E-state index contributed by atoms with van der Waals surface area (Å²) in [7, 11) is 0. The quantitative estimate of drug-likeness (QED) is 0.799. The Bertz CT molecular complexity index is 828. The number of carbonyl (C=O) groups excluding carboxylic acids is 1. The Hall–Kier alpha value is -2.80. The van der Waals surface area contributed by atoms with E-state index in [0.29, 0.717) is 11.4 Å². The first kappa shape index (κ1) is 14.2. The van der Waals surface area contributed by atoms with Gasteiger partial charge in [0.2, 0.25) is 5.91 Å². The molecule has 3 aromatic heterocycles. The Labute approximate surface area is 130 Å². The van der Waals surface area contributed by atoms with Gasteiger partial charge in [-0.25, -0.2) is 4.68 Å². The average molecular weight is 312 g/mol. The maximum atomic E-state index is 12.0. The lowest BCUT2D eigenvalue weighted by Crippen LogP contribution is -2.29. The minimum Gasteiger partial charge on any atom is -0.323 e. The van der Waals surface area contributed by atoms with Crippen molar-refractivity contribution in [2.75, 3.05) is 5.32 Å². The first-order chi connectivity index (χ1) is 10.7. The monoisotopic (exact) mass is 312 g/mol. The van der Waals surface area contributed by atoms with Gasteiger partial charge in [-0.05, 0) is 29.6 Å². The number of hydrogen-bond donors (Lipinski definition) is 1. The smallest absolute Gasteiger partial charge is 0.267 e. The normalized spacial score (nSPS) is 10.4. The highest BCUT2D eigenvalue weighted by atomic mass is 32.1. The number of carbonyl (C=O) groups is 1. The molecule has 0 aromatic carbocycles. The van der Waals surface area contributed by atoms with E-state index < -0.39 is 0 Å². The van der Waals surface area contributed by atoms with Gasteiger partial charge in [-0.1, -0.05) is 6.07 Å². The van der Waals surface area contributed by atoms with E-state index in [-0.39, 0.29) is 18.0 Å². The van der Waals surface area contributed by atoms with Crippen LogP contribution in [0.3, 0.4) is 0 Å². The van der Waals surface area contributed by atoms with Crippen molar-refractivity contribution in [2.24, 2.45) is 0 Å². The zero-order valence-corrected chi connectivity index (χ0v) is 12.3. The summed E-state index contributed by atoms with van der Waals surface area (Å²) < 4.78 is 1.15. The van der Waals surface area contributed by atoms with Crippen LogP contribution in [0.5, 0.6) is 0 Å². The van der Waals surface area contributed by atoms with Gasteiger partial charge in [-0.15, -0.1) is 11.3 Å². The predicted octanol–water partition coefficient (Wildman–Crippen LogP) is 2.01. The highest BCUT2D eigenvalue weighted by molar-refractivity contribution is 7.13. The molecule has 6 nitrogen and oxygen atoms in total. The highest BCUT2D eigenvalue weighted by Crippen LogP contribution is 2.21. The van der Waals surface area contributed by atoms with Crippen LogP contribution in [0, 0.1) is 0 Å². The van der Waals surface area contributed by atoms with Crippen LogP contribution < -0.4 is 10.9 Å². The van der Waals surface area contributed by atoms with Crippen molar-refractivity contribution >= 4 is 22.9 Å². The molecule has 3 heterocycles. The van der Waals surface area contributed by atoms with Gasteiger partial charge in [0.25, 0.3) is 5.56 Å². The van der Waals surface area contributed by atoms with Crippen LogP contribution in [0.4, 0.5) is 5.69 Å². The van der Waals surface area contributed by atoms with Crippen molar-refractivity contribution in [2.45, 2.75) is 6.54 Å². The number of amides is 1. The molecule has 0 unspecified atom stereocenters. The fourth-order valence-corrected chi connectivity index (χ4v) is 2.58. The Morgan fingerprint density at radius 1 is 1.23 bits per heavy atom. The Morgan fingerprint density at radius 3 is 2.86 bits per heavy atom. The SMILES string of the molecule is O=C(Cn1nc(-c2cccs2)ccc1=O)Nc1cccnc1. The summed E-state index contributed by atoms with van der Waals surface area (Å²) in [5.74, 6) is -0.328. The van der Waals surface area contributed by atoms with E-state index in [2.05, 4.69) is 15.4 Å². The first-order valence-electron chi connectivity index (χ1n) is 6.54. The van der Waals surface area contributed by atoms with Gasteiger partial charge in [-0.3, -0.25) is 14.6 Å². The summed E-state index contributed by atoms with van der Waals surface area (Å²) in [6.45, 7) is -0.146. The van der Waals surface area contributed by atoms with Gasteiger partial charge in [0.05, 0.1) is 16.8 Å². The van der Waals surface area contributed by atoms with Crippen LogP contribution in [0.15, 0.2) is 59.0 Å². The molecule has 0 aliphatic rings. The van der Waals surface area contributed by atoms with E-state index in [1.54, 1.807) is 24.4 Å². The molecule has 0 saturated heterocycles. The summed E-state index contributed by atoms with van der Waals surface area (Å²) in [6, 6.07) is 10.3. The summed E-state index contributed by atoms with van der Waals surface area (Å²) >= 11 is 1.53. The summed E-state index contributed by atoms with van der Waals surface area (Å²) in [5, 5.41) is 8.84. The van der Waals surface area contributed by atoms with Crippen LogP contribution in [-0.2, 0) is 11.3 Å². The zero-order valence-electron chi connectivity index (χ0n) is 11.5. The van der Waals surface area contributed by atoms with Crippen molar-refractivity contribution < 1.29 is 4.79 Å². The minimum absolute atomic E-state index is 0.146. The predicted molar refractivity (Wildman–Crippen MR) is 84.7 cm³/mol. The third kappa shape index (κ3) is 3.26. The fraction of sp³-hybridized carbons (Fsp3) is 0.0667. The fourth-order valence-electron chi connectivity index (χ4n) is 1.89. The molecule has 7 heteroatoms. The molecule has 0 spiro atoms. The molecule has 0 atom stereocenters. The lowest BCUT2D eigenvalue weighted by atomic mass is 10.3. The molecular weight excluding hydrogens is 300 g/mol. The number of hydrogen-bond acceptors (Lipinski definition) is 5. The number of thiophene rings is 1. The Balaban J connectivity index is 1.78. The van der Waals surface area contributed by atoms with E-state index >= 15 is 0 Å². The molecule has 1 amide bonds. The standard InChI is InChI=1S/C15H12N4O2S/c20-14(17-11-3-1-7-16-9-11)10-19-15(21)6-5-12(18-19)13-4-2-8-22-13/h1-9H,10H2,(H,17,20). The molecular formula is C15H12N4O2S. The molecule has 1 N–H and O–H groups in total. The number of pyridine rings is 1. The molecule has 0 saturated carbocycles. The van der Waals surface area contributed by atoms with Gasteiger partial charge in [0.1, 0.15) is 12.2 Å². The number of aromatic nitrogens is 3. The van der Waals surface area contributed by atoms with E-state index in [1.165, 1.54) is 23.6 Å². The van der Waals surface area contributed by atoms with Crippen LogP contribution in [0.1, 0.15) is 0 Å². The largest absolute Gasteiger partial charge is 0.323 e. The van der Waals surface area contributed by atoms with Crippen LogP contribution in [-0.4, -0.2) is 20.7 Å². The maximum Gasteiger partial charge on any atom is 0.267 e. The van der Waals surface area contributed by atoms with Crippen LogP contribution in [0.25, 0.3) is 10.6 Å². The van der Waals surface area contributed by atoms with Crippen molar-refractivity contribution in [1.82, 2.24) is 14.8 Å². The van der Waals surface area contributed by atoms with Crippen molar-refractivity contribution in [3.8, 4) is 10.6 Å². The third-order valence-corrected chi connectivity index (χ3v) is 3.77. The molecule has 0 fully saturated rings. The van der Waals surface area contributed by atoms with E-state index in [1.807, 2.05) is 17.5 Å². The molecule has 3 rings (SSSR count). The second-order valence-corrected chi connectivity index (χ2v) is 5.43. The number of nitrogens with one attached hydrogen (secondary N) is 1. The molecule has 0 aliphatic carbocycles. The van der Waals surface area contributed by atoms with Crippen molar-refractivity contribution in [3.63, 3.8) is 0 Å². The van der Waals surface area contributed by atoms with Crippen LogP contribution >= 0.6 is 11.3 Å². The second kappa shape index (κ2) is 6.31. The lowest BCUT2D eigenvalue weighted by Gasteiger charge is -2.07. The second-order valence-electron chi connectivity index (χ2n) is 4.48. The molecule has 3 aromatic rings. The van der Waals surface area contributed by atoms with E-state index in [0.717, 1.165) is 9.56 Å². The third-order valence-electron chi connectivity index (χ3n) is 2.88. The molecule has 22 heavy (non-hydrogen) atoms. The average Bonchev–Trinajstić information content (AvgIpc) is 3.05. The van der Waals surface area contributed by atoms with Gasteiger partial charge < -0.3 is 5.32 Å². The van der Waals surface area contributed by atoms with E-state index in [9.17, 15) is 9.59 Å². The van der Waals surface area contributed by atoms with Crippen molar-refractivity contribution in [3.05, 3.63) is 64.5 Å². The zero-order chi connectivity index (χ0) is 15.4. The minimum atomic E-state index is -0.328. The first-order valence-corrected chi connectivity index (χ1v) is 7.42. The molecule has 0 bridgehead atoms. The summed E-state index contributed by atoms with van der Waals surface area (Å²) in [5.41, 5.74) is 0.931. The summed E-state index contributed by atoms with van der Waals surface area (Å²) in [6.07, 6.45) is 3.16. The molecule has 0 aliphatic heterocycles. The number of rotatable bonds is 4. The number of nitrogens with zero attached hydrogens (tertiary/aromatic N) is 3. The van der Waals surface area contributed by atoms with Gasteiger partial charge in [-0.2, -0.15) is 5.10 Å². The van der Waals surface area contributed by atoms with Gasteiger partial charge in [0.15, 0.2) is 0 Å². The lowest BCUT2D eigenvalue weighted by molar-refractivity contribution is -0.117. The van der Waals surface area contributed by atoms with E-state index in [4.69, 9.17) is 0 Å². The molecule has 110 valence electrons. The van der Waals surface area contributed by atoms with Gasteiger partial charge in [0, 0.05) is 12.3 Å².